The van der Waals surface area contributed by atoms with Crippen molar-refractivity contribution in [1.29, 1.82) is 0 Å². The molecule has 0 saturated carbocycles. The van der Waals surface area contributed by atoms with Crippen LogP contribution in [0.5, 0.6) is 5.75 Å². The summed E-state index contributed by atoms with van der Waals surface area (Å²) >= 11 is 0. The number of pyridine rings is 4. The summed E-state index contributed by atoms with van der Waals surface area (Å²) in [5.74, 6) is -0.922. The fourth-order valence-corrected chi connectivity index (χ4v) is 13.1. The van der Waals surface area contributed by atoms with Gasteiger partial charge in [-0.25, -0.2) is 0 Å². The summed E-state index contributed by atoms with van der Waals surface area (Å²) in [6.07, 6.45) is 4.89. The van der Waals surface area contributed by atoms with Crippen LogP contribution >= 0.6 is 0 Å². The van der Waals surface area contributed by atoms with Gasteiger partial charge in [0.05, 0.1) is 22.8 Å². The van der Waals surface area contributed by atoms with E-state index < -0.39 is 18.3 Å². The Morgan fingerprint density at radius 3 is 0.663 bits per heavy atom. The van der Waals surface area contributed by atoms with Gasteiger partial charge in [-0.15, -0.1) is 9.81 Å². The second kappa shape index (κ2) is 42.8. The first-order chi connectivity index (χ1) is 48.7. The average molecular weight is 1410 g/mol. The van der Waals surface area contributed by atoms with E-state index in [-0.39, 0.29) is 46.3 Å². The van der Waals surface area contributed by atoms with Gasteiger partial charge in [-0.3, -0.25) is 29.7 Å². The zero-order chi connectivity index (χ0) is 69.8. The fourth-order valence-electron chi connectivity index (χ4n) is 13.1. The number of carbonyl (C=O) groups is 1. The molecular weight excluding hydrogens is 1330 g/mol. The first kappa shape index (κ1) is 79.1. The summed E-state index contributed by atoms with van der Waals surface area (Å²) in [7, 11) is 0. The molecule has 0 aliphatic carbocycles. The molecule has 101 heavy (non-hydrogen) atoms. The Labute approximate surface area is 614 Å². The summed E-state index contributed by atoms with van der Waals surface area (Å²) in [4.78, 5) is 46.3. The number of aryl methyl sites for hydroxylation is 1. The van der Waals surface area contributed by atoms with Crippen LogP contribution in [-0.4, -0.2) is 48.0 Å². The second-order valence-electron chi connectivity index (χ2n) is 23.7. The Balaban J connectivity index is 0.000000230. The van der Waals surface area contributed by atoms with Crippen molar-refractivity contribution in [2.75, 3.05) is 0 Å². The van der Waals surface area contributed by atoms with Crippen molar-refractivity contribution < 1.29 is 49.1 Å². The van der Waals surface area contributed by atoms with Crippen molar-refractivity contribution in [1.82, 2.24) is 40.9 Å². The molecule has 0 aliphatic rings. The molecule has 0 atom stereocenters. The molecule has 0 bridgehead atoms. The molecule has 0 spiro atoms. The summed E-state index contributed by atoms with van der Waals surface area (Å²) in [6.45, 7) is 7.06. The molecule has 0 unspecified atom stereocenters. The standard InChI is InChI=1S/C33H34N6O.2C24H20B.C3H6O2.2Fe.2NO/c1-26-18-27(20-38(22-29-10-2-6-14-34-29)23-30-11-3-7-15-35-30)33(40)28(19-26)21-39(24-31-12-4-8-16-36-31)25-32-13-5-9-17-37-32;2*1-5-13-21(14-6-1)25(22-15-7-2-8-16-22,23-17-9-3-10-18-23)24-19-11-4-12-20-24;1-2-3(4)5;;;2*1-2/h2-19,40H,20-25H2,1H3;2*1-20H;2H2,1H3,(H,4,5);;;;/q;2*-1;;2*+3;;/p-2. The van der Waals surface area contributed by atoms with Crippen LogP contribution in [0.2, 0.25) is 0 Å². The van der Waals surface area contributed by atoms with Crippen molar-refractivity contribution >= 4 is 62.0 Å². The van der Waals surface area contributed by atoms with Crippen molar-refractivity contribution in [2.45, 2.75) is 59.5 Å². The smallest absolute Gasteiger partial charge is 0.872 e. The van der Waals surface area contributed by atoms with Crippen molar-refractivity contribution in [2.24, 2.45) is 0 Å². The first-order valence-electron chi connectivity index (χ1n) is 32.9. The molecule has 17 heteroatoms. The van der Waals surface area contributed by atoms with E-state index in [9.17, 15) is 15.0 Å². The van der Waals surface area contributed by atoms with Crippen LogP contribution < -0.4 is 65.1 Å². The van der Waals surface area contributed by atoms with Crippen LogP contribution in [0.25, 0.3) is 0 Å². The van der Waals surface area contributed by atoms with Gasteiger partial charge in [0, 0.05) is 70.0 Å². The number of aromatic nitrogens is 4. The van der Waals surface area contributed by atoms with Gasteiger partial charge in [0.2, 0.25) is 0 Å². The molecule has 504 valence electrons. The number of carboxylic acids is 1. The number of rotatable bonds is 21. The van der Waals surface area contributed by atoms with Crippen molar-refractivity contribution in [3.05, 3.63) is 402 Å². The van der Waals surface area contributed by atoms with Gasteiger partial charge in [0.25, 0.3) is 0 Å². The molecule has 13 rings (SSSR count). The molecule has 4 radical (unpaired) electrons. The van der Waals surface area contributed by atoms with E-state index in [1.165, 1.54) is 50.6 Å². The molecule has 13 aromatic rings. The molecular formula is C84H78B2Fe2N8O5+2. The third-order valence-corrected chi connectivity index (χ3v) is 17.3. The van der Waals surface area contributed by atoms with Crippen LogP contribution in [-0.2, 0) is 78.2 Å². The minimum Gasteiger partial charge on any atom is -0.872 e. The Morgan fingerprint density at radius 2 is 0.505 bits per heavy atom. The first-order valence-corrected chi connectivity index (χ1v) is 32.9. The summed E-state index contributed by atoms with van der Waals surface area (Å²) in [5.41, 5.74) is 28.6. The Morgan fingerprint density at radius 1 is 0.327 bits per heavy atom. The van der Waals surface area contributed by atoms with Gasteiger partial charge < -0.3 is 15.0 Å². The maximum Gasteiger partial charge on any atom is 3.00 e. The zero-order valence-corrected chi connectivity index (χ0v) is 58.6. The van der Waals surface area contributed by atoms with Crippen LogP contribution in [0.3, 0.4) is 0 Å². The van der Waals surface area contributed by atoms with Gasteiger partial charge in [-0.2, -0.15) is 43.7 Å². The normalized spacial score (nSPS) is 10.5. The van der Waals surface area contributed by atoms with E-state index in [4.69, 9.17) is 21.0 Å². The van der Waals surface area contributed by atoms with E-state index >= 15 is 0 Å². The summed E-state index contributed by atoms with van der Waals surface area (Å²) in [6, 6.07) is 115. The molecule has 0 fully saturated rings. The SMILES string of the molecule is CCC(=O)[O-].Cc1cc(CN(Cc2ccccn2)Cc2ccccn2)c([O-])c(CN(Cc2ccccn2)Cc2ccccn2)c1.[Fe+3].[Fe+3].[N]=O.[N]=O.c1ccc([B-](c2ccccc2)(c2ccccc2)c2ccccc2)cc1.c1ccc([B-](c2ccccc2)(c2ccccc2)c2ccccc2)cc1. The van der Waals surface area contributed by atoms with Gasteiger partial charge in [0.15, 0.2) is 0 Å². The van der Waals surface area contributed by atoms with Crippen molar-refractivity contribution in [3.63, 3.8) is 0 Å². The number of hydrogen-bond donors (Lipinski definition) is 0. The van der Waals surface area contributed by atoms with Crippen LogP contribution in [0.4, 0.5) is 0 Å². The molecule has 0 aliphatic heterocycles. The average Bonchev–Trinajstić information content (AvgIpc) is 0.746. The minimum absolute atomic E-state index is 0. The molecule has 0 N–H and O–H groups in total. The van der Waals surface area contributed by atoms with Gasteiger partial charge in [-0.05, 0) is 73.0 Å². The number of hydrogen-bond acceptors (Lipinski definition) is 11. The summed E-state index contributed by atoms with van der Waals surface area (Å²) in [5, 5.41) is 23.1. The predicted octanol–water partition coefficient (Wildman–Crippen LogP) is 9.43. The number of nitroso groups, excluding NO2 is 2. The Hall–Kier alpha value is -10.9. The van der Waals surface area contributed by atoms with E-state index in [0.29, 0.717) is 39.3 Å². The Kier molecular flexibility index (Phi) is 33.6. The number of nitrogens with zero attached hydrogens (tertiary/aromatic N) is 8. The fraction of sp³-hybridized carbons (Fsp3) is 0.107. The van der Waals surface area contributed by atoms with E-state index in [2.05, 4.69) is 279 Å². The minimum atomic E-state index is -1.22. The van der Waals surface area contributed by atoms with Gasteiger partial charge >= 0.3 is 34.1 Å². The molecule has 0 amide bonds. The quantitative estimate of drug-likeness (QED) is 0.0621. The van der Waals surface area contributed by atoms with Gasteiger partial charge in [-0.1, -0.05) is 297 Å². The largest absolute Gasteiger partial charge is 3.00 e. The number of carbonyl (C=O) groups excluding carboxylic acids is 1. The van der Waals surface area contributed by atoms with Crippen LogP contribution in [0.15, 0.2) is 352 Å². The second-order valence-corrected chi connectivity index (χ2v) is 23.7. The topological polar surface area (TPSA) is 200 Å². The maximum absolute atomic E-state index is 13.9. The van der Waals surface area contributed by atoms with Gasteiger partial charge in [0.1, 0.15) is 23.5 Å². The number of carboxylic acid groups (broad SMARTS) is 1. The molecule has 13 nitrogen and oxygen atoms in total. The molecule has 9 aromatic carbocycles. The molecule has 4 aromatic heterocycles. The molecule has 4 heterocycles. The molecule has 0 saturated heterocycles. The Bertz CT molecular complexity index is 3700. The zero-order valence-electron chi connectivity index (χ0n) is 56.4. The number of aliphatic carboxylic acids is 1. The summed E-state index contributed by atoms with van der Waals surface area (Å²) < 4.78 is 0. The monoisotopic (exact) mass is 1410 g/mol. The van der Waals surface area contributed by atoms with Crippen molar-refractivity contribution in [3.8, 4) is 5.75 Å². The van der Waals surface area contributed by atoms with Crippen LogP contribution in [0.1, 0.15) is 52.8 Å². The predicted molar refractivity (Wildman–Crippen MR) is 400 cm³/mol. The number of benzene rings is 9. The van der Waals surface area contributed by atoms with E-state index in [0.717, 1.165) is 39.5 Å². The van der Waals surface area contributed by atoms with E-state index in [1.807, 2.05) is 84.9 Å². The van der Waals surface area contributed by atoms with Crippen LogP contribution in [0, 0.1) is 16.7 Å². The third kappa shape index (κ3) is 22.1. The maximum atomic E-state index is 13.9. The third-order valence-electron chi connectivity index (χ3n) is 17.3. The van der Waals surface area contributed by atoms with E-state index in [1.54, 1.807) is 24.8 Å².